The van der Waals surface area contributed by atoms with Crippen molar-refractivity contribution in [2.75, 3.05) is 0 Å². The standard InChI is InChI=1S/C8H14F3N5/c1-3-7(12)14-4-13-6(16-7)15-5(2)8(9,10)11/h4-5H,3,12H2,1-2H3,(H2,13,14,15,16). The molecule has 0 spiro atoms. The Hall–Kier alpha value is -1.31. The molecule has 0 radical (unpaired) electrons. The molecule has 2 atom stereocenters. The van der Waals surface area contributed by atoms with Gasteiger partial charge in [0.25, 0.3) is 0 Å². The second-order valence-corrected chi connectivity index (χ2v) is 3.50. The molecule has 5 nitrogen and oxygen atoms in total. The molecule has 0 saturated heterocycles. The maximum atomic E-state index is 12.3. The SMILES string of the molecule is CCC1(N)N=CNC(=NC(C)C(F)(F)F)N1. The summed E-state index contributed by atoms with van der Waals surface area (Å²) in [6.07, 6.45) is -2.69. The van der Waals surface area contributed by atoms with Crippen LogP contribution in [-0.4, -0.2) is 30.3 Å². The Labute approximate surface area is 91.0 Å². The fourth-order valence-corrected chi connectivity index (χ4v) is 0.998. The second kappa shape index (κ2) is 4.28. The van der Waals surface area contributed by atoms with Crippen molar-refractivity contribution < 1.29 is 13.2 Å². The minimum absolute atomic E-state index is 0.0239. The lowest BCUT2D eigenvalue weighted by Crippen LogP contribution is -2.61. The third-order valence-corrected chi connectivity index (χ3v) is 2.17. The molecule has 92 valence electrons. The summed E-state index contributed by atoms with van der Waals surface area (Å²) >= 11 is 0. The van der Waals surface area contributed by atoms with Gasteiger partial charge in [-0.3, -0.25) is 5.73 Å². The van der Waals surface area contributed by atoms with Crippen LogP contribution in [0.25, 0.3) is 0 Å². The second-order valence-electron chi connectivity index (χ2n) is 3.50. The molecule has 0 aromatic carbocycles. The highest BCUT2D eigenvalue weighted by Crippen LogP contribution is 2.22. The highest BCUT2D eigenvalue weighted by atomic mass is 19.4. The van der Waals surface area contributed by atoms with E-state index in [1.165, 1.54) is 6.34 Å². The van der Waals surface area contributed by atoms with Crippen molar-refractivity contribution in [1.29, 1.82) is 0 Å². The lowest BCUT2D eigenvalue weighted by molar-refractivity contribution is -0.142. The van der Waals surface area contributed by atoms with Crippen LogP contribution in [0.4, 0.5) is 13.2 Å². The van der Waals surface area contributed by atoms with E-state index >= 15 is 0 Å². The number of rotatable bonds is 2. The fraction of sp³-hybridized carbons (Fsp3) is 0.750. The van der Waals surface area contributed by atoms with Gasteiger partial charge < -0.3 is 10.6 Å². The van der Waals surface area contributed by atoms with Gasteiger partial charge in [0.2, 0.25) is 0 Å². The van der Waals surface area contributed by atoms with Crippen molar-refractivity contribution in [3.8, 4) is 0 Å². The van der Waals surface area contributed by atoms with Crippen LogP contribution < -0.4 is 16.4 Å². The Kier molecular flexibility index (Phi) is 3.41. The number of nitrogens with two attached hydrogens (primary N) is 1. The monoisotopic (exact) mass is 237 g/mol. The summed E-state index contributed by atoms with van der Waals surface area (Å²) in [6.45, 7) is 2.73. The number of nitrogens with zero attached hydrogens (tertiary/aromatic N) is 2. The molecule has 1 aliphatic heterocycles. The van der Waals surface area contributed by atoms with Crippen molar-refractivity contribution in [2.24, 2.45) is 15.7 Å². The van der Waals surface area contributed by atoms with E-state index in [0.29, 0.717) is 6.42 Å². The lowest BCUT2D eigenvalue weighted by atomic mass is 10.2. The van der Waals surface area contributed by atoms with E-state index in [1.807, 2.05) is 0 Å². The highest BCUT2D eigenvalue weighted by molar-refractivity contribution is 5.92. The third kappa shape index (κ3) is 3.09. The number of alkyl halides is 3. The molecular formula is C8H14F3N5. The number of hydrogen-bond acceptors (Lipinski definition) is 3. The zero-order chi connectivity index (χ0) is 12.4. The number of hydrogen-bond donors (Lipinski definition) is 3. The molecule has 0 aliphatic carbocycles. The van der Waals surface area contributed by atoms with Gasteiger partial charge >= 0.3 is 6.18 Å². The zero-order valence-corrected chi connectivity index (χ0v) is 8.97. The molecule has 16 heavy (non-hydrogen) atoms. The van der Waals surface area contributed by atoms with Gasteiger partial charge in [0.15, 0.2) is 11.7 Å². The predicted molar refractivity (Wildman–Crippen MR) is 54.9 cm³/mol. The zero-order valence-electron chi connectivity index (χ0n) is 8.97. The first-order chi connectivity index (χ1) is 7.27. The maximum absolute atomic E-state index is 12.3. The maximum Gasteiger partial charge on any atom is 0.410 e. The van der Waals surface area contributed by atoms with Crippen LogP contribution >= 0.6 is 0 Å². The molecule has 0 amide bonds. The van der Waals surface area contributed by atoms with Crippen LogP contribution in [-0.2, 0) is 0 Å². The van der Waals surface area contributed by atoms with Crippen molar-refractivity contribution in [3.63, 3.8) is 0 Å². The van der Waals surface area contributed by atoms with Gasteiger partial charge in [-0.2, -0.15) is 13.2 Å². The summed E-state index contributed by atoms with van der Waals surface area (Å²) in [6, 6.07) is -1.80. The predicted octanol–water partition coefficient (Wildman–Crippen LogP) is 0.537. The van der Waals surface area contributed by atoms with Gasteiger partial charge in [0.05, 0.1) is 6.34 Å². The van der Waals surface area contributed by atoms with E-state index in [9.17, 15) is 13.2 Å². The molecule has 0 fully saturated rings. The molecule has 0 aromatic rings. The van der Waals surface area contributed by atoms with Crippen LogP contribution in [0, 0.1) is 0 Å². The first-order valence-corrected chi connectivity index (χ1v) is 4.78. The molecule has 2 unspecified atom stereocenters. The van der Waals surface area contributed by atoms with Crippen molar-refractivity contribution in [2.45, 2.75) is 38.3 Å². The molecular weight excluding hydrogens is 223 g/mol. The summed E-state index contributed by atoms with van der Waals surface area (Å²) in [5, 5.41) is 5.08. The summed E-state index contributed by atoms with van der Waals surface area (Å²) in [7, 11) is 0. The average molecular weight is 237 g/mol. The summed E-state index contributed by atoms with van der Waals surface area (Å²) < 4.78 is 36.8. The van der Waals surface area contributed by atoms with Crippen molar-refractivity contribution >= 4 is 12.3 Å². The van der Waals surface area contributed by atoms with Crippen LogP contribution in [0.5, 0.6) is 0 Å². The summed E-state index contributed by atoms with van der Waals surface area (Å²) in [4.78, 5) is 7.32. The van der Waals surface area contributed by atoms with Crippen molar-refractivity contribution in [3.05, 3.63) is 0 Å². The molecule has 0 saturated carbocycles. The van der Waals surface area contributed by atoms with E-state index < -0.39 is 18.0 Å². The van der Waals surface area contributed by atoms with Crippen LogP contribution in [0.3, 0.4) is 0 Å². The molecule has 1 rings (SSSR count). The lowest BCUT2D eigenvalue weighted by Gasteiger charge is -2.30. The van der Waals surface area contributed by atoms with Gasteiger partial charge in [-0.05, 0) is 6.92 Å². The minimum Gasteiger partial charge on any atom is -0.320 e. The average Bonchev–Trinajstić information content (AvgIpc) is 2.16. The molecule has 8 heteroatoms. The molecule has 0 aromatic heterocycles. The van der Waals surface area contributed by atoms with Gasteiger partial charge in [0.1, 0.15) is 6.04 Å². The Bertz CT molecular complexity index is 311. The first-order valence-electron chi connectivity index (χ1n) is 4.78. The van der Waals surface area contributed by atoms with E-state index in [1.54, 1.807) is 6.92 Å². The van der Waals surface area contributed by atoms with Gasteiger partial charge in [-0.1, -0.05) is 6.92 Å². The van der Waals surface area contributed by atoms with Gasteiger partial charge in [0, 0.05) is 6.42 Å². The van der Waals surface area contributed by atoms with Crippen LogP contribution in [0.15, 0.2) is 9.98 Å². The number of guanidine groups is 1. The largest absolute Gasteiger partial charge is 0.410 e. The van der Waals surface area contributed by atoms with E-state index in [0.717, 1.165) is 6.92 Å². The Morgan fingerprint density at radius 1 is 1.62 bits per heavy atom. The molecule has 0 bridgehead atoms. The quantitative estimate of drug-likeness (QED) is 0.656. The first kappa shape index (κ1) is 12.8. The van der Waals surface area contributed by atoms with Crippen molar-refractivity contribution in [1.82, 2.24) is 10.6 Å². The molecule has 1 heterocycles. The van der Waals surface area contributed by atoms with Crippen LogP contribution in [0.1, 0.15) is 20.3 Å². The Morgan fingerprint density at radius 3 is 2.75 bits per heavy atom. The van der Waals surface area contributed by atoms with E-state index in [4.69, 9.17) is 5.73 Å². The number of halogens is 3. The Balaban J connectivity index is 2.77. The summed E-state index contributed by atoms with van der Waals surface area (Å²) in [5.74, 6) is -1.11. The van der Waals surface area contributed by atoms with Gasteiger partial charge in [-0.25, -0.2) is 9.98 Å². The Morgan fingerprint density at radius 2 is 2.25 bits per heavy atom. The molecule has 4 N–H and O–H groups in total. The minimum atomic E-state index is -4.37. The van der Waals surface area contributed by atoms with Crippen LogP contribution in [0.2, 0.25) is 0 Å². The number of aliphatic imine (C=N–C) groups is 2. The summed E-state index contributed by atoms with van der Waals surface area (Å²) in [5.41, 5.74) is 5.72. The fourth-order valence-electron chi connectivity index (χ4n) is 0.998. The molecule has 1 aliphatic rings. The topological polar surface area (TPSA) is 74.8 Å². The highest BCUT2D eigenvalue weighted by Gasteiger charge is 2.37. The third-order valence-electron chi connectivity index (χ3n) is 2.17. The van der Waals surface area contributed by atoms with E-state index in [-0.39, 0.29) is 5.96 Å². The smallest absolute Gasteiger partial charge is 0.320 e. The normalized spacial score (nSPS) is 29.8. The van der Waals surface area contributed by atoms with E-state index in [2.05, 4.69) is 20.6 Å². The number of nitrogens with one attached hydrogen (secondary N) is 2. The van der Waals surface area contributed by atoms with Gasteiger partial charge in [-0.15, -0.1) is 0 Å².